The second-order valence-electron chi connectivity index (χ2n) is 4.64. The summed E-state index contributed by atoms with van der Waals surface area (Å²) in [6.45, 7) is 4.70. The van der Waals surface area contributed by atoms with Crippen LogP contribution in [0.25, 0.3) is 0 Å². The summed E-state index contributed by atoms with van der Waals surface area (Å²) in [6, 6.07) is 11.0. The molecule has 0 atom stereocenters. The SMILES string of the molecule is CCCNCc1coc(N(C)Cc2ccccc2)n1. The largest absolute Gasteiger partial charge is 0.432 e. The molecule has 1 N–H and O–H groups in total. The molecule has 0 amide bonds. The Kier molecular flexibility index (Phi) is 4.98. The van der Waals surface area contributed by atoms with Gasteiger partial charge in [-0.1, -0.05) is 37.3 Å². The van der Waals surface area contributed by atoms with Gasteiger partial charge in [-0.15, -0.1) is 0 Å². The molecule has 0 aliphatic carbocycles. The summed E-state index contributed by atoms with van der Waals surface area (Å²) in [5.41, 5.74) is 2.19. The molecule has 0 unspecified atom stereocenters. The highest BCUT2D eigenvalue weighted by atomic mass is 16.4. The maximum Gasteiger partial charge on any atom is 0.297 e. The van der Waals surface area contributed by atoms with Crippen LogP contribution in [0, 0.1) is 0 Å². The van der Waals surface area contributed by atoms with E-state index >= 15 is 0 Å². The van der Waals surface area contributed by atoms with Crippen molar-refractivity contribution in [1.29, 1.82) is 0 Å². The molecule has 0 spiro atoms. The van der Waals surface area contributed by atoms with Gasteiger partial charge in [-0.2, -0.15) is 4.98 Å². The monoisotopic (exact) mass is 259 g/mol. The first-order chi connectivity index (χ1) is 9.29. The first-order valence-corrected chi connectivity index (χ1v) is 6.69. The number of hydrogen-bond acceptors (Lipinski definition) is 4. The van der Waals surface area contributed by atoms with E-state index in [2.05, 4.69) is 29.4 Å². The van der Waals surface area contributed by atoms with Gasteiger partial charge in [0.1, 0.15) is 6.26 Å². The van der Waals surface area contributed by atoms with E-state index in [1.807, 2.05) is 30.1 Å². The number of rotatable bonds is 7. The second kappa shape index (κ2) is 6.95. The average molecular weight is 259 g/mol. The fourth-order valence-corrected chi connectivity index (χ4v) is 1.87. The maximum absolute atomic E-state index is 5.50. The average Bonchev–Trinajstić information content (AvgIpc) is 2.89. The van der Waals surface area contributed by atoms with E-state index in [1.165, 1.54) is 5.56 Å². The highest BCUT2D eigenvalue weighted by Crippen LogP contribution is 2.14. The van der Waals surface area contributed by atoms with E-state index in [0.717, 1.165) is 31.7 Å². The lowest BCUT2D eigenvalue weighted by atomic mass is 10.2. The quantitative estimate of drug-likeness (QED) is 0.776. The van der Waals surface area contributed by atoms with Gasteiger partial charge in [0.25, 0.3) is 6.01 Å². The molecule has 0 fully saturated rings. The van der Waals surface area contributed by atoms with Crippen molar-refractivity contribution in [3.05, 3.63) is 47.9 Å². The molecule has 1 heterocycles. The van der Waals surface area contributed by atoms with Crippen molar-refractivity contribution in [1.82, 2.24) is 10.3 Å². The molecular weight excluding hydrogens is 238 g/mol. The van der Waals surface area contributed by atoms with Gasteiger partial charge in [-0.3, -0.25) is 0 Å². The minimum absolute atomic E-state index is 0.664. The summed E-state index contributed by atoms with van der Waals surface area (Å²) >= 11 is 0. The lowest BCUT2D eigenvalue weighted by molar-refractivity contribution is 0.542. The minimum atomic E-state index is 0.664. The Labute approximate surface area is 114 Å². The third kappa shape index (κ3) is 4.10. The normalized spacial score (nSPS) is 10.6. The van der Waals surface area contributed by atoms with Crippen molar-refractivity contribution in [2.75, 3.05) is 18.5 Å². The van der Waals surface area contributed by atoms with Crippen LogP contribution in [0.3, 0.4) is 0 Å². The van der Waals surface area contributed by atoms with E-state index in [-0.39, 0.29) is 0 Å². The fourth-order valence-electron chi connectivity index (χ4n) is 1.87. The molecule has 102 valence electrons. The molecule has 2 aromatic rings. The lowest BCUT2D eigenvalue weighted by Gasteiger charge is -2.14. The molecule has 0 aliphatic heterocycles. The zero-order chi connectivity index (χ0) is 13.5. The molecular formula is C15H21N3O. The van der Waals surface area contributed by atoms with Crippen molar-refractivity contribution in [3.63, 3.8) is 0 Å². The Morgan fingerprint density at radius 3 is 2.79 bits per heavy atom. The number of benzene rings is 1. The third-order valence-electron chi connectivity index (χ3n) is 2.86. The van der Waals surface area contributed by atoms with Crippen molar-refractivity contribution in [2.45, 2.75) is 26.4 Å². The smallest absolute Gasteiger partial charge is 0.297 e. The summed E-state index contributed by atoms with van der Waals surface area (Å²) in [6.07, 6.45) is 2.85. The number of aromatic nitrogens is 1. The number of oxazole rings is 1. The van der Waals surface area contributed by atoms with Crippen LogP contribution in [0.15, 0.2) is 41.0 Å². The molecule has 4 heteroatoms. The van der Waals surface area contributed by atoms with Crippen LogP contribution >= 0.6 is 0 Å². The van der Waals surface area contributed by atoms with Gasteiger partial charge in [-0.25, -0.2) is 0 Å². The van der Waals surface area contributed by atoms with Gasteiger partial charge >= 0.3 is 0 Å². The molecule has 1 aromatic carbocycles. The first kappa shape index (κ1) is 13.6. The highest BCUT2D eigenvalue weighted by molar-refractivity contribution is 5.28. The molecule has 19 heavy (non-hydrogen) atoms. The van der Waals surface area contributed by atoms with Gasteiger partial charge in [0.2, 0.25) is 0 Å². The van der Waals surface area contributed by atoms with Crippen LogP contribution < -0.4 is 10.2 Å². The second-order valence-corrected chi connectivity index (χ2v) is 4.64. The Morgan fingerprint density at radius 2 is 2.05 bits per heavy atom. The Balaban J connectivity index is 1.90. The number of nitrogens with one attached hydrogen (secondary N) is 1. The van der Waals surface area contributed by atoms with E-state index < -0.39 is 0 Å². The van der Waals surface area contributed by atoms with Crippen LogP contribution in [0.5, 0.6) is 0 Å². The lowest BCUT2D eigenvalue weighted by Crippen LogP contribution is -2.17. The van der Waals surface area contributed by atoms with Crippen LogP contribution in [-0.2, 0) is 13.1 Å². The first-order valence-electron chi connectivity index (χ1n) is 6.69. The zero-order valence-corrected chi connectivity index (χ0v) is 11.6. The van der Waals surface area contributed by atoms with Crippen LogP contribution in [0.1, 0.15) is 24.6 Å². The number of nitrogens with zero attached hydrogens (tertiary/aromatic N) is 2. The van der Waals surface area contributed by atoms with Gasteiger partial charge < -0.3 is 14.6 Å². The summed E-state index contributed by atoms with van der Waals surface area (Å²) < 4.78 is 5.50. The van der Waals surface area contributed by atoms with Gasteiger partial charge in [0.15, 0.2) is 0 Å². The van der Waals surface area contributed by atoms with Gasteiger partial charge in [0, 0.05) is 20.1 Å². The summed E-state index contributed by atoms with van der Waals surface area (Å²) in [7, 11) is 1.99. The van der Waals surface area contributed by atoms with Crippen LogP contribution in [-0.4, -0.2) is 18.6 Å². The van der Waals surface area contributed by atoms with Crippen LogP contribution in [0.4, 0.5) is 6.01 Å². The van der Waals surface area contributed by atoms with Crippen molar-refractivity contribution in [2.24, 2.45) is 0 Å². The predicted molar refractivity (Wildman–Crippen MR) is 77.0 cm³/mol. The van der Waals surface area contributed by atoms with Crippen molar-refractivity contribution in [3.8, 4) is 0 Å². The van der Waals surface area contributed by atoms with Gasteiger partial charge in [-0.05, 0) is 18.5 Å². The highest BCUT2D eigenvalue weighted by Gasteiger charge is 2.09. The molecule has 4 nitrogen and oxygen atoms in total. The molecule has 0 radical (unpaired) electrons. The molecule has 2 rings (SSSR count). The summed E-state index contributed by atoms with van der Waals surface area (Å²) in [4.78, 5) is 6.49. The van der Waals surface area contributed by atoms with E-state index in [9.17, 15) is 0 Å². The van der Waals surface area contributed by atoms with E-state index in [0.29, 0.717) is 6.01 Å². The van der Waals surface area contributed by atoms with Crippen molar-refractivity contribution < 1.29 is 4.42 Å². The summed E-state index contributed by atoms with van der Waals surface area (Å²) in [5.74, 6) is 0. The molecule has 0 bridgehead atoms. The van der Waals surface area contributed by atoms with Gasteiger partial charge in [0.05, 0.1) is 5.69 Å². The molecule has 0 saturated heterocycles. The minimum Gasteiger partial charge on any atom is -0.432 e. The standard InChI is InChI=1S/C15H21N3O/c1-3-9-16-10-14-12-19-15(17-14)18(2)11-13-7-5-4-6-8-13/h4-8,12,16H,3,9-11H2,1-2H3. The Hall–Kier alpha value is -1.81. The summed E-state index contributed by atoms with van der Waals surface area (Å²) in [5, 5.41) is 3.31. The third-order valence-corrected chi connectivity index (χ3v) is 2.86. The van der Waals surface area contributed by atoms with E-state index in [1.54, 1.807) is 6.26 Å². The number of anilines is 1. The topological polar surface area (TPSA) is 41.3 Å². The van der Waals surface area contributed by atoms with E-state index in [4.69, 9.17) is 4.42 Å². The van der Waals surface area contributed by atoms with Crippen molar-refractivity contribution >= 4 is 6.01 Å². The molecule has 0 saturated carbocycles. The predicted octanol–water partition coefficient (Wildman–Crippen LogP) is 2.81. The Morgan fingerprint density at radius 1 is 1.26 bits per heavy atom. The van der Waals surface area contributed by atoms with Crippen LogP contribution in [0.2, 0.25) is 0 Å². The number of hydrogen-bond donors (Lipinski definition) is 1. The fraction of sp³-hybridized carbons (Fsp3) is 0.400. The Bertz CT molecular complexity index is 481. The maximum atomic E-state index is 5.50. The molecule has 0 aliphatic rings. The zero-order valence-electron chi connectivity index (χ0n) is 11.6. The molecule has 1 aromatic heterocycles.